The zero-order valence-electron chi connectivity index (χ0n) is 19.4. The Labute approximate surface area is 221 Å². The topological polar surface area (TPSA) is 97.6 Å². The van der Waals surface area contributed by atoms with E-state index in [-0.39, 0.29) is 16.7 Å². The lowest BCUT2D eigenvalue weighted by atomic mass is 10.0. The van der Waals surface area contributed by atoms with Gasteiger partial charge in [0.2, 0.25) is 5.91 Å². The third kappa shape index (κ3) is 5.00. The van der Waals surface area contributed by atoms with Crippen molar-refractivity contribution < 1.29 is 17.9 Å². The van der Waals surface area contributed by atoms with Gasteiger partial charge < -0.3 is 4.74 Å². The Morgan fingerprint density at radius 1 is 1.25 bits per heavy atom. The van der Waals surface area contributed by atoms with Crippen molar-refractivity contribution in [1.82, 2.24) is 19.1 Å². The van der Waals surface area contributed by atoms with Crippen LogP contribution in [0.25, 0.3) is 10.2 Å². The van der Waals surface area contributed by atoms with Gasteiger partial charge in [-0.1, -0.05) is 29.4 Å². The minimum absolute atomic E-state index is 0.141. The molecule has 0 bridgehead atoms. The summed E-state index contributed by atoms with van der Waals surface area (Å²) >= 11 is 8.39. The predicted octanol–water partition coefficient (Wildman–Crippen LogP) is 4.49. The molecule has 3 aromatic heterocycles. The first-order chi connectivity index (χ1) is 17.4. The molecule has 1 aromatic carbocycles. The Morgan fingerprint density at radius 2 is 2.11 bits per heavy atom. The van der Waals surface area contributed by atoms with Crippen LogP contribution in [-0.4, -0.2) is 59.6 Å². The van der Waals surface area contributed by atoms with Crippen LogP contribution in [0.15, 0.2) is 53.0 Å². The monoisotopic (exact) mass is 565 g/mol. The summed E-state index contributed by atoms with van der Waals surface area (Å²) in [6.07, 6.45) is 5.39. The van der Waals surface area contributed by atoms with Crippen LogP contribution in [0.2, 0.25) is 4.34 Å². The van der Waals surface area contributed by atoms with Crippen molar-refractivity contribution in [3.63, 3.8) is 0 Å². The fourth-order valence-electron chi connectivity index (χ4n) is 4.24. The number of amides is 1. The molecule has 13 heteroatoms. The summed E-state index contributed by atoms with van der Waals surface area (Å²) in [6, 6.07) is 9.60. The van der Waals surface area contributed by atoms with Crippen LogP contribution in [0.5, 0.6) is 5.75 Å². The maximum Gasteiger partial charge on any atom is 0.253 e. The second-order valence-electron chi connectivity index (χ2n) is 8.27. The molecule has 0 radical (unpaired) electrons. The van der Waals surface area contributed by atoms with E-state index >= 15 is 0 Å². The number of aromatic nitrogens is 3. The van der Waals surface area contributed by atoms with Gasteiger partial charge in [0.1, 0.15) is 16.0 Å². The predicted molar refractivity (Wildman–Crippen MR) is 142 cm³/mol. The van der Waals surface area contributed by atoms with Crippen molar-refractivity contribution in [2.45, 2.75) is 36.1 Å². The van der Waals surface area contributed by atoms with Crippen molar-refractivity contribution in [3.05, 3.63) is 53.1 Å². The second-order valence-corrected chi connectivity index (χ2v) is 13.1. The number of hydrogen-bond donors (Lipinski definition) is 0. The van der Waals surface area contributed by atoms with Crippen molar-refractivity contribution >= 4 is 65.6 Å². The standard InChI is InChI=1S/C23H24ClN5O4S3/c1-33-16-6-7-17-19(15-16)34-23(26-17)28(14-13-27-11-4-10-25-27)22(30)18-5-2-3-12-29(18)36(31,32)21-9-8-20(24)35-21/h4,6-11,15,18H,2-3,5,12-14H2,1H3. The molecule has 0 aliphatic carbocycles. The van der Waals surface area contributed by atoms with Crippen LogP contribution in [0.4, 0.5) is 5.13 Å². The van der Waals surface area contributed by atoms with Gasteiger partial charge in [-0.2, -0.15) is 9.40 Å². The molecule has 1 amide bonds. The number of methoxy groups -OCH3 is 1. The molecule has 36 heavy (non-hydrogen) atoms. The number of thiophene rings is 1. The van der Waals surface area contributed by atoms with Crippen LogP contribution in [-0.2, 0) is 21.4 Å². The van der Waals surface area contributed by atoms with Crippen LogP contribution in [0.1, 0.15) is 19.3 Å². The van der Waals surface area contributed by atoms with E-state index in [0.29, 0.717) is 41.1 Å². The van der Waals surface area contributed by atoms with Gasteiger partial charge in [-0.15, -0.1) is 11.3 Å². The number of hydrogen-bond acceptors (Lipinski definition) is 8. The van der Waals surface area contributed by atoms with E-state index in [2.05, 4.69) is 5.10 Å². The van der Waals surface area contributed by atoms with E-state index < -0.39 is 16.1 Å². The number of piperidine rings is 1. The van der Waals surface area contributed by atoms with Gasteiger partial charge in [-0.3, -0.25) is 14.4 Å². The van der Waals surface area contributed by atoms with E-state index in [1.54, 1.807) is 29.0 Å². The zero-order valence-corrected chi connectivity index (χ0v) is 22.6. The van der Waals surface area contributed by atoms with Gasteiger partial charge >= 0.3 is 0 Å². The summed E-state index contributed by atoms with van der Waals surface area (Å²) in [5.41, 5.74) is 0.744. The van der Waals surface area contributed by atoms with Gasteiger partial charge in [-0.05, 0) is 49.2 Å². The van der Waals surface area contributed by atoms with Crippen LogP contribution < -0.4 is 9.64 Å². The number of thiazole rings is 1. The molecule has 1 fully saturated rings. The third-order valence-corrected chi connectivity index (χ3v) is 10.7. The first-order valence-corrected chi connectivity index (χ1v) is 14.8. The van der Waals surface area contributed by atoms with E-state index in [0.717, 1.165) is 28.0 Å². The molecule has 0 N–H and O–H groups in total. The van der Waals surface area contributed by atoms with E-state index in [1.165, 1.54) is 21.7 Å². The second kappa shape index (κ2) is 10.5. The Balaban J connectivity index is 1.50. The number of carbonyl (C=O) groups excluding carboxylic acids is 1. The molecule has 1 atom stereocenters. The van der Waals surface area contributed by atoms with Gasteiger partial charge in [0, 0.05) is 25.5 Å². The van der Waals surface area contributed by atoms with Crippen molar-refractivity contribution in [3.8, 4) is 5.75 Å². The highest BCUT2D eigenvalue weighted by atomic mass is 35.5. The minimum Gasteiger partial charge on any atom is -0.497 e. The Kier molecular flexibility index (Phi) is 7.31. The maximum absolute atomic E-state index is 14.1. The molecule has 5 rings (SSSR count). The summed E-state index contributed by atoms with van der Waals surface area (Å²) in [6.45, 7) is 1.02. The number of nitrogens with zero attached hydrogens (tertiary/aromatic N) is 5. The molecule has 1 aliphatic heterocycles. The van der Waals surface area contributed by atoms with Gasteiger partial charge in [0.15, 0.2) is 5.13 Å². The van der Waals surface area contributed by atoms with Crippen LogP contribution >= 0.6 is 34.3 Å². The molecule has 1 saturated heterocycles. The fourth-order valence-corrected chi connectivity index (χ4v) is 8.53. The zero-order chi connectivity index (χ0) is 25.3. The summed E-state index contributed by atoms with van der Waals surface area (Å²) in [4.78, 5) is 20.4. The number of benzene rings is 1. The number of halogens is 1. The molecule has 190 valence electrons. The van der Waals surface area contributed by atoms with Crippen LogP contribution in [0, 0.1) is 0 Å². The Bertz CT molecular complexity index is 1470. The molecule has 1 unspecified atom stereocenters. The molecule has 9 nitrogen and oxygen atoms in total. The normalized spacial score (nSPS) is 16.9. The number of sulfonamides is 1. The molecular formula is C23H24ClN5O4S3. The molecular weight excluding hydrogens is 542 g/mol. The molecule has 0 spiro atoms. The summed E-state index contributed by atoms with van der Waals surface area (Å²) in [5.74, 6) is 0.408. The van der Waals surface area contributed by atoms with Gasteiger partial charge in [0.05, 0.1) is 28.2 Å². The van der Waals surface area contributed by atoms with E-state index in [1.807, 2.05) is 30.5 Å². The summed E-state index contributed by atoms with van der Waals surface area (Å²) < 4.78 is 36.8. The summed E-state index contributed by atoms with van der Waals surface area (Å²) in [7, 11) is -2.27. The fraction of sp³-hybridized carbons (Fsp3) is 0.348. The largest absolute Gasteiger partial charge is 0.497 e. The average Bonchev–Trinajstić information content (AvgIpc) is 3.65. The number of ether oxygens (including phenoxy) is 1. The molecule has 0 saturated carbocycles. The van der Waals surface area contributed by atoms with Crippen molar-refractivity contribution in [2.24, 2.45) is 0 Å². The van der Waals surface area contributed by atoms with Gasteiger partial charge in [0.25, 0.3) is 10.0 Å². The lowest BCUT2D eigenvalue weighted by Gasteiger charge is -2.35. The average molecular weight is 566 g/mol. The Morgan fingerprint density at radius 3 is 2.83 bits per heavy atom. The molecule has 4 aromatic rings. The summed E-state index contributed by atoms with van der Waals surface area (Å²) in [5, 5.41) is 4.75. The lowest BCUT2D eigenvalue weighted by Crippen LogP contribution is -2.53. The quantitative estimate of drug-likeness (QED) is 0.312. The van der Waals surface area contributed by atoms with E-state index in [9.17, 15) is 13.2 Å². The molecule has 1 aliphatic rings. The smallest absolute Gasteiger partial charge is 0.253 e. The molecule has 4 heterocycles. The number of rotatable bonds is 8. The number of carbonyl (C=O) groups is 1. The Hall–Kier alpha value is -2.51. The number of fused-ring (bicyclic) bond motifs is 1. The number of anilines is 1. The highest BCUT2D eigenvalue weighted by molar-refractivity contribution is 7.91. The highest BCUT2D eigenvalue weighted by Gasteiger charge is 2.41. The highest BCUT2D eigenvalue weighted by Crippen LogP contribution is 2.35. The van der Waals surface area contributed by atoms with Gasteiger partial charge in [-0.25, -0.2) is 13.4 Å². The minimum atomic E-state index is -3.87. The maximum atomic E-state index is 14.1. The first-order valence-electron chi connectivity index (χ1n) is 11.4. The third-order valence-electron chi connectivity index (χ3n) is 6.04. The first kappa shape index (κ1) is 25.2. The van der Waals surface area contributed by atoms with Crippen molar-refractivity contribution in [1.29, 1.82) is 0 Å². The van der Waals surface area contributed by atoms with E-state index in [4.69, 9.17) is 21.3 Å². The SMILES string of the molecule is COc1ccc2nc(N(CCn3cccn3)C(=O)C3CCCCN3S(=O)(=O)c3ccc(Cl)s3)sc2c1. The lowest BCUT2D eigenvalue weighted by molar-refractivity contribution is -0.123. The van der Waals surface area contributed by atoms with Crippen molar-refractivity contribution in [2.75, 3.05) is 25.1 Å². The van der Waals surface area contributed by atoms with Crippen LogP contribution in [0.3, 0.4) is 0 Å².